The standard InChI is InChI=1S/C23H23N3O4/c1-4-30-23(29)18-13-19(21(27)25-16-9-5-14(2)6-10-16)22(28)26(20(18)24)17-11-7-15(3)8-12-17/h5-13H,4,24H2,1-3H3,(H,25,27). The molecule has 7 heteroatoms. The number of carbonyl (C=O) groups is 2. The summed E-state index contributed by atoms with van der Waals surface area (Å²) in [6.07, 6.45) is 0. The Labute approximate surface area is 174 Å². The van der Waals surface area contributed by atoms with Crippen molar-refractivity contribution in [2.75, 3.05) is 17.7 Å². The first kappa shape index (κ1) is 20.9. The molecule has 0 aliphatic heterocycles. The largest absolute Gasteiger partial charge is 0.462 e. The Bertz CT molecular complexity index is 1150. The Balaban J connectivity index is 2.15. The number of anilines is 2. The first-order valence-electron chi connectivity index (χ1n) is 9.49. The van der Waals surface area contributed by atoms with Crippen molar-refractivity contribution in [2.24, 2.45) is 0 Å². The summed E-state index contributed by atoms with van der Waals surface area (Å²) < 4.78 is 6.21. The molecule has 7 nitrogen and oxygen atoms in total. The molecule has 3 rings (SSSR count). The Morgan fingerprint density at radius 2 is 1.53 bits per heavy atom. The van der Waals surface area contributed by atoms with Crippen molar-refractivity contribution in [3.05, 3.63) is 87.2 Å². The molecule has 0 aliphatic carbocycles. The zero-order valence-corrected chi connectivity index (χ0v) is 17.1. The second kappa shape index (κ2) is 8.65. The summed E-state index contributed by atoms with van der Waals surface area (Å²) in [5, 5.41) is 2.69. The van der Waals surface area contributed by atoms with Crippen molar-refractivity contribution in [2.45, 2.75) is 20.8 Å². The van der Waals surface area contributed by atoms with Gasteiger partial charge in [0.15, 0.2) is 0 Å². The third-order valence-corrected chi connectivity index (χ3v) is 4.58. The topological polar surface area (TPSA) is 103 Å². The summed E-state index contributed by atoms with van der Waals surface area (Å²) in [4.78, 5) is 38.5. The lowest BCUT2D eigenvalue weighted by Gasteiger charge is -2.16. The van der Waals surface area contributed by atoms with E-state index in [9.17, 15) is 14.4 Å². The third-order valence-electron chi connectivity index (χ3n) is 4.58. The van der Waals surface area contributed by atoms with Crippen LogP contribution in [0.2, 0.25) is 0 Å². The average Bonchev–Trinajstić information content (AvgIpc) is 2.71. The molecular formula is C23H23N3O4. The lowest BCUT2D eigenvalue weighted by Crippen LogP contribution is -2.32. The smallest absolute Gasteiger partial charge is 0.341 e. The van der Waals surface area contributed by atoms with Crippen molar-refractivity contribution in [3.63, 3.8) is 0 Å². The van der Waals surface area contributed by atoms with Crippen LogP contribution in [-0.4, -0.2) is 23.1 Å². The van der Waals surface area contributed by atoms with E-state index in [-0.39, 0.29) is 23.6 Å². The van der Waals surface area contributed by atoms with Gasteiger partial charge in [0.05, 0.1) is 12.3 Å². The number of benzene rings is 2. The Kier molecular flexibility index (Phi) is 6.01. The summed E-state index contributed by atoms with van der Waals surface area (Å²) in [6.45, 7) is 5.63. The zero-order valence-electron chi connectivity index (χ0n) is 17.1. The van der Waals surface area contributed by atoms with Crippen LogP contribution in [0.25, 0.3) is 5.69 Å². The predicted octanol–water partition coefficient (Wildman–Crippen LogP) is 3.47. The van der Waals surface area contributed by atoms with Crippen LogP contribution in [0.15, 0.2) is 59.4 Å². The van der Waals surface area contributed by atoms with E-state index < -0.39 is 17.4 Å². The molecule has 1 heterocycles. The molecule has 3 N–H and O–H groups in total. The van der Waals surface area contributed by atoms with Gasteiger partial charge in [0.1, 0.15) is 16.9 Å². The van der Waals surface area contributed by atoms with Gasteiger partial charge in [-0.3, -0.25) is 14.2 Å². The zero-order chi connectivity index (χ0) is 21.8. The van der Waals surface area contributed by atoms with E-state index in [1.165, 1.54) is 6.07 Å². The maximum absolute atomic E-state index is 13.2. The molecule has 30 heavy (non-hydrogen) atoms. The molecular weight excluding hydrogens is 382 g/mol. The first-order chi connectivity index (χ1) is 14.3. The van der Waals surface area contributed by atoms with E-state index in [2.05, 4.69) is 5.32 Å². The fraction of sp³-hybridized carbons (Fsp3) is 0.174. The fourth-order valence-corrected chi connectivity index (χ4v) is 2.95. The van der Waals surface area contributed by atoms with Crippen molar-refractivity contribution < 1.29 is 14.3 Å². The summed E-state index contributed by atoms with van der Waals surface area (Å²) >= 11 is 0. The minimum absolute atomic E-state index is 0.0499. The van der Waals surface area contributed by atoms with Crippen molar-refractivity contribution in [3.8, 4) is 5.69 Å². The number of nitrogens with one attached hydrogen (secondary N) is 1. The number of pyridine rings is 1. The molecule has 0 aliphatic rings. The van der Waals surface area contributed by atoms with Crippen LogP contribution in [0.4, 0.5) is 11.5 Å². The second-order valence-corrected chi connectivity index (χ2v) is 6.87. The number of esters is 1. The molecule has 0 fully saturated rings. The molecule has 154 valence electrons. The number of nitrogen functional groups attached to an aromatic ring is 1. The van der Waals surface area contributed by atoms with Gasteiger partial charge >= 0.3 is 5.97 Å². The number of aromatic nitrogens is 1. The normalized spacial score (nSPS) is 10.5. The molecule has 1 amide bonds. The summed E-state index contributed by atoms with van der Waals surface area (Å²) in [6, 6.07) is 15.3. The van der Waals surface area contributed by atoms with Crippen molar-refractivity contribution in [1.82, 2.24) is 4.57 Å². The van der Waals surface area contributed by atoms with Crippen LogP contribution >= 0.6 is 0 Å². The number of aryl methyl sites for hydroxylation is 2. The monoisotopic (exact) mass is 405 g/mol. The summed E-state index contributed by atoms with van der Waals surface area (Å²) in [7, 11) is 0. The highest BCUT2D eigenvalue weighted by Gasteiger charge is 2.23. The van der Waals surface area contributed by atoms with Gasteiger partial charge in [-0.15, -0.1) is 0 Å². The Morgan fingerprint density at radius 1 is 0.967 bits per heavy atom. The molecule has 1 aromatic heterocycles. The van der Waals surface area contributed by atoms with Crippen molar-refractivity contribution >= 4 is 23.4 Å². The van der Waals surface area contributed by atoms with Gasteiger partial charge in [-0.25, -0.2) is 4.79 Å². The van der Waals surface area contributed by atoms with Crippen molar-refractivity contribution in [1.29, 1.82) is 0 Å². The highest BCUT2D eigenvalue weighted by atomic mass is 16.5. The lowest BCUT2D eigenvalue weighted by atomic mass is 10.1. The first-order valence-corrected chi connectivity index (χ1v) is 9.49. The van der Waals surface area contributed by atoms with Gasteiger partial charge in [0, 0.05) is 5.69 Å². The van der Waals surface area contributed by atoms with E-state index in [4.69, 9.17) is 10.5 Å². The second-order valence-electron chi connectivity index (χ2n) is 6.87. The Hall–Kier alpha value is -3.87. The highest BCUT2D eigenvalue weighted by molar-refractivity contribution is 6.06. The molecule has 0 bridgehead atoms. The van der Waals surface area contributed by atoms with Crippen LogP contribution in [0.3, 0.4) is 0 Å². The number of carbonyl (C=O) groups excluding carboxylic acids is 2. The highest BCUT2D eigenvalue weighted by Crippen LogP contribution is 2.19. The fourth-order valence-electron chi connectivity index (χ4n) is 2.95. The van der Waals surface area contributed by atoms with E-state index in [0.29, 0.717) is 11.4 Å². The predicted molar refractivity (Wildman–Crippen MR) is 116 cm³/mol. The molecule has 0 spiro atoms. The molecule has 0 radical (unpaired) electrons. The Morgan fingerprint density at radius 3 is 2.10 bits per heavy atom. The minimum atomic E-state index is -0.708. The average molecular weight is 405 g/mol. The van der Waals surface area contributed by atoms with Gasteiger partial charge < -0.3 is 15.8 Å². The number of rotatable bonds is 5. The maximum atomic E-state index is 13.2. The number of amides is 1. The van der Waals surface area contributed by atoms with Gasteiger partial charge in [-0.05, 0) is 51.1 Å². The number of nitrogens with zero attached hydrogens (tertiary/aromatic N) is 1. The van der Waals surface area contributed by atoms with E-state index in [1.54, 1.807) is 31.2 Å². The van der Waals surface area contributed by atoms with Crippen LogP contribution in [0.5, 0.6) is 0 Å². The quantitative estimate of drug-likeness (QED) is 0.633. The molecule has 3 aromatic rings. The molecule has 0 atom stereocenters. The minimum Gasteiger partial charge on any atom is -0.462 e. The summed E-state index contributed by atoms with van der Waals surface area (Å²) in [5.41, 5.74) is 8.26. The van der Waals surface area contributed by atoms with E-state index >= 15 is 0 Å². The maximum Gasteiger partial charge on any atom is 0.341 e. The SMILES string of the molecule is CCOC(=O)c1cc(C(=O)Nc2ccc(C)cc2)c(=O)n(-c2ccc(C)cc2)c1N. The van der Waals surface area contributed by atoms with Gasteiger partial charge in [-0.1, -0.05) is 35.4 Å². The van der Waals surface area contributed by atoms with Gasteiger partial charge in [0.2, 0.25) is 0 Å². The summed E-state index contributed by atoms with van der Waals surface area (Å²) in [5.74, 6) is -1.44. The lowest BCUT2D eigenvalue weighted by molar-refractivity contribution is 0.0527. The molecule has 0 saturated carbocycles. The number of ether oxygens (including phenoxy) is 1. The van der Waals surface area contributed by atoms with Crippen LogP contribution < -0.4 is 16.6 Å². The van der Waals surface area contributed by atoms with Gasteiger partial charge in [-0.2, -0.15) is 0 Å². The molecule has 2 aromatic carbocycles. The number of nitrogens with two attached hydrogens (primary N) is 1. The van der Waals surface area contributed by atoms with E-state index in [1.807, 2.05) is 38.1 Å². The van der Waals surface area contributed by atoms with Gasteiger partial charge in [0.25, 0.3) is 11.5 Å². The molecule has 0 unspecified atom stereocenters. The number of hydrogen-bond donors (Lipinski definition) is 2. The van der Waals surface area contributed by atoms with Crippen LogP contribution in [0.1, 0.15) is 38.8 Å². The number of hydrogen-bond acceptors (Lipinski definition) is 5. The van der Waals surface area contributed by atoms with Crippen LogP contribution in [0, 0.1) is 13.8 Å². The third kappa shape index (κ3) is 4.25. The van der Waals surface area contributed by atoms with E-state index in [0.717, 1.165) is 15.7 Å². The van der Waals surface area contributed by atoms with Crippen LogP contribution in [-0.2, 0) is 4.74 Å². The molecule has 0 saturated heterocycles.